The predicted octanol–water partition coefficient (Wildman–Crippen LogP) is 4.27. The van der Waals surface area contributed by atoms with E-state index in [0.717, 1.165) is 11.8 Å². The average Bonchev–Trinajstić information content (AvgIpc) is 2.05. The number of rotatable bonds is 1. The topological polar surface area (TPSA) is 17.1 Å². The van der Waals surface area contributed by atoms with Crippen LogP contribution in [0.1, 0.15) is 46.0 Å². The van der Waals surface area contributed by atoms with Crippen LogP contribution in [0.25, 0.3) is 0 Å². The molecule has 0 aromatic carbocycles. The van der Waals surface area contributed by atoms with Gasteiger partial charge in [0.25, 0.3) is 0 Å². The summed E-state index contributed by atoms with van der Waals surface area (Å²) in [7, 11) is 0. The first-order valence-corrected chi connectivity index (χ1v) is 4.91. The first-order valence-electron chi connectivity index (χ1n) is 4.91. The van der Waals surface area contributed by atoms with Gasteiger partial charge < -0.3 is 0 Å². The lowest BCUT2D eigenvalue weighted by Crippen LogP contribution is -2.10. The van der Waals surface area contributed by atoms with E-state index in [4.69, 9.17) is 4.79 Å². The summed E-state index contributed by atoms with van der Waals surface area (Å²) in [6.45, 7) is 4.70. The van der Waals surface area contributed by atoms with Gasteiger partial charge in [0.15, 0.2) is 0 Å². The van der Waals surface area contributed by atoms with E-state index in [2.05, 4.69) is 13.8 Å². The third-order valence-corrected chi connectivity index (χ3v) is 2.71. The van der Waals surface area contributed by atoms with Crippen molar-refractivity contribution in [3.63, 3.8) is 0 Å². The van der Waals surface area contributed by atoms with Gasteiger partial charge in [-0.05, 0) is 11.8 Å². The smallest absolute Gasteiger partial charge is 0.219 e. The van der Waals surface area contributed by atoms with E-state index in [-0.39, 0.29) is 0 Å². The van der Waals surface area contributed by atoms with E-state index < -0.39 is 6.29 Å². The third kappa shape index (κ3) is 7.88. The Hall–Kier alpha value is -0.470. The van der Waals surface area contributed by atoms with Crippen LogP contribution in [0.2, 0.25) is 0 Å². The molecular weight excluding hydrogens is 174 g/mol. The lowest BCUT2D eigenvalue weighted by Gasteiger charge is -2.24. The largest absolute Gasteiger partial charge is 0.483 e. The average molecular weight is 192 g/mol. The Labute approximate surface area is 78.5 Å². The van der Waals surface area contributed by atoms with Gasteiger partial charge in [0.2, 0.25) is 0 Å². The zero-order valence-electron chi connectivity index (χ0n) is 8.35. The zero-order chi connectivity index (χ0) is 10.3. The van der Waals surface area contributed by atoms with Crippen LogP contribution in [0.3, 0.4) is 0 Å². The summed E-state index contributed by atoms with van der Waals surface area (Å²) in [4.78, 5) is 8.11. The quantitative estimate of drug-likeness (QED) is 0.567. The highest BCUT2D eigenvalue weighted by Crippen LogP contribution is 2.29. The molecule has 13 heavy (non-hydrogen) atoms. The Morgan fingerprint density at radius 2 is 1.62 bits per heavy atom. The van der Waals surface area contributed by atoms with E-state index in [1.54, 1.807) is 0 Å². The number of carbonyl (C=O) groups excluding carboxylic acids is 1. The Morgan fingerprint density at radius 3 is 1.92 bits per heavy atom. The van der Waals surface area contributed by atoms with Gasteiger partial charge in [-0.2, -0.15) is 0 Å². The van der Waals surface area contributed by atoms with Crippen LogP contribution in [0.4, 0.5) is 13.6 Å². The number of halogens is 2. The molecule has 0 N–H and O–H groups in total. The summed E-state index contributed by atoms with van der Waals surface area (Å²) in [6.07, 6.45) is 4.54. The molecule has 0 unspecified atom stereocenters. The molecule has 1 rings (SSSR count). The minimum Gasteiger partial charge on any atom is -0.219 e. The molecule has 78 valence electrons. The SMILES string of the molecule is CCC1CCC(C)CC1.O=C(F)F. The molecule has 0 bridgehead atoms. The maximum absolute atomic E-state index is 9.69. The minimum absolute atomic E-state index is 1.02. The van der Waals surface area contributed by atoms with Crippen molar-refractivity contribution >= 4 is 6.29 Å². The minimum atomic E-state index is -2.83. The van der Waals surface area contributed by atoms with Gasteiger partial charge in [-0.3, -0.25) is 0 Å². The molecule has 0 saturated heterocycles. The van der Waals surface area contributed by atoms with Crippen molar-refractivity contribution in [2.24, 2.45) is 11.8 Å². The van der Waals surface area contributed by atoms with Crippen LogP contribution in [0.5, 0.6) is 0 Å². The first-order chi connectivity index (χ1) is 6.06. The van der Waals surface area contributed by atoms with E-state index in [0.29, 0.717) is 0 Å². The fraction of sp³-hybridized carbons (Fsp3) is 0.900. The molecule has 0 radical (unpaired) electrons. The lowest BCUT2D eigenvalue weighted by molar-refractivity contribution is 0.199. The summed E-state index contributed by atoms with van der Waals surface area (Å²) in [5, 5.41) is 0. The maximum Gasteiger partial charge on any atom is 0.483 e. The van der Waals surface area contributed by atoms with Crippen molar-refractivity contribution in [3.05, 3.63) is 0 Å². The Morgan fingerprint density at radius 1 is 1.23 bits per heavy atom. The monoisotopic (exact) mass is 192 g/mol. The van der Waals surface area contributed by atoms with E-state index in [9.17, 15) is 8.78 Å². The Kier molecular flexibility index (Phi) is 6.73. The molecule has 1 aliphatic rings. The standard InChI is InChI=1S/C9H18.CF2O/c1-3-9-6-4-8(2)5-7-9;2-1(3)4/h8-9H,3-7H2,1-2H3;. The van der Waals surface area contributed by atoms with Gasteiger partial charge in [0.1, 0.15) is 0 Å². The second kappa shape index (κ2) is 6.98. The van der Waals surface area contributed by atoms with E-state index in [1.807, 2.05) is 0 Å². The molecule has 0 aromatic heterocycles. The summed E-state index contributed by atoms with van der Waals surface area (Å²) in [5.41, 5.74) is 0. The van der Waals surface area contributed by atoms with Crippen LogP contribution in [0.15, 0.2) is 0 Å². The highest BCUT2D eigenvalue weighted by molar-refractivity contribution is 5.55. The van der Waals surface area contributed by atoms with Gasteiger partial charge in [-0.1, -0.05) is 46.0 Å². The molecule has 1 nitrogen and oxygen atoms in total. The second-order valence-electron chi connectivity index (χ2n) is 3.76. The van der Waals surface area contributed by atoms with Crippen molar-refractivity contribution in [3.8, 4) is 0 Å². The molecule has 0 aliphatic heterocycles. The molecule has 0 aromatic rings. The summed E-state index contributed by atoms with van der Waals surface area (Å²) in [6, 6.07) is 0. The fourth-order valence-electron chi connectivity index (χ4n) is 1.74. The summed E-state index contributed by atoms with van der Waals surface area (Å²) < 4.78 is 19.4. The van der Waals surface area contributed by atoms with Crippen molar-refractivity contribution in [1.82, 2.24) is 0 Å². The number of hydrogen-bond donors (Lipinski definition) is 0. The highest BCUT2D eigenvalue weighted by atomic mass is 19.3. The Bertz CT molecular complexity index is 136. The van der Waals surface area contributed by atoms with Gasteiger partial charge >= 0.3 is 6.29 Å². The highest BCUT2D eigenvalue weighted by Gasteiger charge is 2.15. The summed E-state index contributed by atoms with van der Waals surface area (Å²) >= 11 is 0. The van der Waals surface area contributed by atoms with Gasteiger partial charge in [-0.25, -0.2) is 4.79 Å². The summed E-state index contributed by atoms with van der Waals surface area (Å²) in [5.74, 6) is 2.09. The molecule has 0 amide bonds. The second-order valence-corrected chi connectivity index (χ2v) is 3.76. The predicted molar refractivity (Wildman–Crippen MR) is 49.0 cm³/mol. The van der Waals surface area contributed by atoms with Crippen LogP contribution in [0, 0.1) is 11.8 Å². The van der Waals surface area contributed by atoms with Crippen LogP contribution < -0.4 is 0 Å². The molecule has 1 saturated carbocycles. The van der Waals surface area contributed by atoms with Crippen molar-refractivity contribution < 1.29 is 13.6 Å². The molecule has 0 heterocycles. The molecule has 0 atom stereocenters. The van der Waals surface area contributed by atoms with E-state index in [1.165, 1.54) is 32.1 Å². The van der Waals surface area contributed by atoms with Crippen LogP contribution in [-0.4, -0.2) is 6.29 Å². The van der Waals surface area contributed by atoms with Gasteiger partial charge in [-0.15, -0.1) is 8.78 Å². The van der Waals surface area contributed by atoms with Crippen molar-refractivity contribution in [2.45, 2.75) is 46.0 Å². The molecule has 1 aliphatic carbocycles. The number of hydrogen-bond acceptors (Lipinski definition) is 1. The van der Waals surface area contributed by atoms with Crippen LogP contribution >= 0.6 is 0 Å². The first kappa shape index (κ1) is 12.5. The third-order valence-electron chi connectivity index (χ3n) is 2.71. The molecule has 1 fully saturated rings. The lowest BCUT2D eigenvalue weighted by atomic mass is 9.82. The zero-order valence-corrected chi connectivity index (χ0v) is 8.35. The number of carbonyl (C=O) groups is 1. The van der Waals surface area contributed by atoms with Crippen molar-refractivity contribution in [1.29, 1.82) is 0 Å². The fourth-order valence-corrected chi connectivity index (χ4v) is 1.74. The van der Waals surface area contributed by atoms with E-state index >= 15 is 0 Å². The maximum atomic E-state index is 9.69. The molecular formula is C10H18F2O. The molecule has 0 spiro atoms. The van der Waals surface area contributed by atoms with Gasteiger partial charge in [0, 0.05) is 0 Å². The van der Waals surface area contributed by atoms with Crippen molar-refractivity contribution in [2.75, 3.05) is 0 Å². The normalized spacial score (nSPS) is 27.4. The molecule has 3 heteroatoms. The Balaban J connectivity index is 0.000000310. The van der Waals surface area contributed by atoms with Gasteiger partial charge in [0.05, 0.1) is 0 Å². The van der Waals surface area contributed by atoms with Crippen LogP contribution in [-0.2, 0) is 0 Å².